The van der Waals surface area contributed by atoms with Crippen molar-refractivity contribution in [3.05, 3.63) is 0 Å². The van der Waals surface area contributed by atoms with E-state index >= 15 is 0 Å². The van der Waals surface area contributed by atoms with Gasteiger partial charge in [-0.15, -0.1) is 0 Å². The third-order valence-corrected chi connectivity index (χ3v) is 5.42. The zero-order valence-corrected chi connectivity index (χ0v) is 13.9. The van der Waals surface area contributed by atoms with Gasteiger partial charge in [0.15, 0.2) is 0 Å². The van der Waals surface area contributed by atoms with Crippen LogP contribution >= 0.6 is 0 Å². The molecule has 0 saturated carbocycles. The Labute approximate surface area is 136 Å². The molecule has 3 atom stereocenters. The minimum atomic E-state index is -3.87. The molecule has 1 unspecified atom stereocenters. The summed E-state index contributed by atoms with van der Waals surface area (Å²) in [6.45, 7) is 1.28. The first-order valence-corrected chi connectivity index (χ1v) is 8.81. The van der Waals surface area contributed by atoms with Crippen molar-refractivity contribution in [1.82, 2.24) is 9.03 Å². The molecular weight excluding hydrogens is 327 g/mol. The third-order valence-electron chi connectivity index (χ3n) is 3.93. The zero-order valence-electron chi connectivity index (χ0n) is 13.1. The molecule has 1 rings (SSSR count). The van der Waals surface area contributed by atoms with Gasteiger partial charge in [0.1, 0.15) is 5.54 Å². The molecule has 0 spiro atoms. The minimum absolute atomic E-state index is 0.0326. The maximum atomic E-state index is 12.2. The van der Waals surface area contributed by atoms with Crippen molar-refractivity contribution in [2.45, 2.75) is 37.7 Å². The van der Waals surface area contributed by atoms with Crippen LogP contribution in [-0.2, 0) is 15.0 Å². The van der Waals surface area contributed by atoms with Gasteiger partial charge < -0.3 is 26.6 Å². The van der Waals surface area contributed by atoms with E-state index in [1.54, 1.807) is 6.92 Å². The van der Waals surface area contributed by atoms with Crippen LogP contribution in [-0.4, -0.2) is 72.2 Å². The predicted octanol–water partition coefficient (Wildman–Crippen LogP) is -2.87. The smallest absolute Gasteiger partial charge is 0.451 e. The number of carboxylic acid groups (broad SMARTS) is 1. The van der Waals surface area contributed by atoms with Crippen LogP contribution in [0.4, 0.5) is 0 Å². The molecule has 0 aromatic carbocycles. The van der Waals surface area contributed by atoms with Crippen molar-refractivity contribution >= 4 is 23.3 Å². The van der Waals surface area contributed by atoms with E-state index in [1.165, 1.54) is 0 Å². The summed E-state index contributed by atoms with van der Waals surface area (Å²) in [4.78, 5) is 11.5. The molecule has 134 valence electrons. The second-order valence-corrected chi connectivity index (χ2v) is 7.83. The van der Waals surface area contributed by atoms with Crippen LogP contribution in [0.3, 0.4) is 0 Å². The van der Waals surface area contributed by atoms with Crippen molar-refractivity contribution in [2.75, 3.05) is 19.6 Å². The monoisotopic (exact) mass is 352 g/mol. The van der Waals surface area contributed by atoms with Crippen LogP contribution in [0.1, 0.15) is 19.8 Å². The zero-order chi connectivity index (χ0) is 17.8. The largest absolute Gasteiger partial charge is 0.480 e. The van der Waals surface area contributed by atoms with E-state index in [9.17, 15) is 18.3 Å². The summed E-state index contributed by atoms with van der Waals surface area (Å²) >= 11 is 0. The molecule has 1 saturated heterocycles. The van der Waals surface area contributed by atoms with Crippen LogP contribution in [0.15, 0.2) is 0 Å². The van der Waals surface area contributed by atoms with Crippen molar-refractivity contribution in [2.24, 2.45) is 17.4 Å². The van der Waals surface area contributed by atoms with Crippen molar-refractivity contribution in [1.29, 1.82) is 0 Å². The molecule has 1 aliphatic heterocycles. The average Bonchev–Trinajstić information content (AvgIpc) is 2.76. The van der Waals surface area contributed by atoms with Crippen LogP contribution < -0.4 is 16.2 Å². The number of hydrogen-bond donors (Lipinski definition) is 6. The quantitative estimate of drug-likeness (QED) is 0.240. The van der Waals surface area contributed by atoms with Gasteiger partial charge in [-0.25, -0.2) is 4.72 Å². The number of nitrogens with two attached hydrogens (primary N) is 2. The highest BCUT2D eigenvalue weighted by molar-refractivity contribution is 7.87. The Bertz CT molecular complexity index is 517. The summed E-state index contributed by atoms with van der Waals surface area (Å²) in [5.41, 5.74) is 9.73. The molecule has 0 aromatic rings. The molecule has 1 fully saturated rings. The van der Waals surface area contributed by atoms with E-state index in [-0.39, 0.29) is 38.4 Å². The van der Waals surface area contributed by atoms with Gasteiger partial charge in [0.05, 0.1) is 0 Å². The Kier molecular flexibility index (Phi) is 6.95. The maximum absolute atomic E-state index is 12.2. The number of carbonyl (C=O) groups is 1. The predicted molar refractivity (Wildman–Crippen MR) is 84.4 cm³/mol. The highest BCUT2D eigenvalue weighted by Crippen LogP contribution is 2.31. The van der Waals surface area contributed by atoms with E-state index in [4.69, 9.17) is 21.5 Å². The summed E-state index contributed by atoms with van der Waals surface area (Å²) < 4.78 is 27.7. The number of nitrogens with zero attached hydrogens (tertiary/aromatic N) is 1. The van der Waals surface area contributed by atoms with Crippen LogP contribution in [0.5, 0.6) is 0 Å². The fourth-order valence-corrected chi connectivity index (χ4v) is 3.96. The van der Waals surface area contributed by atoms with Gasteiger partial charge >= 0.3 is 13.1 Å². The summed E-state index contributed by atoms with van der Waals surface area (Å²) in [6, 6.07) is -0.378. The Hall–Kier alpha value is -0.755. The standard InChI is InChI=1S/C11H25BN4O6S/c1-8(13)5-15-23(21,22)16-6-9(3-2-4-12(19)20)11(14,7-16)10(17)18/h8-9,15,19-20H,2-7,13-14H2,1H3,(H,17,18)/t8?,9-,11-/m0/s1. The van der Waals surface area contributed by atoms with Crippen LogP contribution in [0, 0.1) is 5.92 Å². The molecule has 23 heavy (non-hydrogen) atoms. The lowest BCUT2D eigenvalue weighted by molar-refractivity contribution is -0.144. The Morgan fingerprint density at radius 1 is 1.52 bits per heavy atom. The fourth-order valence-electron chi connectivity index (χ4n) is 2.54. The Balaban J connectivity index is 2.81. The van der Waals surface area contributed by atoms with E-state index < -0.39 is 34.8 Å². The van der Waals surface area contributed by atoms with Gasteiger partial charge in [-0.3, -0.25) is 4.79 Å². The molecule has 8 N–H and O–H groups in total. The van der Waals surface area contributed by atoms with E-state index in [0.717, 1.165) is 4.31 Å². The molecule has 1 aliphatic rings. The number of hydrogen-bond acceptors (Lipinski definition) is 7. The normalized spacial score (nSPS) is 27.1. The average molecular weight is 352 g/mol. The fraction of sp³-hybridized carbons (Fsp3) is 0.909. The van der Waals surface area contributed by atoms with Gasteiger partial charge in [0, 0.05) is 31.6 Å². The summed E-state index contributed by atoms with van der Waals surface area (Å²) in [5, 5.41) is 27.1. The van der Waals surface area contributed by atoms with Crippen molar-refractivity contribution < 1.29 is 28.4 Å². The first-order valence-electron chi connectivity index (χ1n) is 7.37. The first-order chi connectivity index (χ1) is 10.5. The Morgan fingerprint density at radius 2 is 2.13 bits per heavy atom. The number of rotatable bonds is 9. The molecule has 10 nitrogen and oxygen atoms in total. The van der Waals surface area contributed by atoms with Gasteiger partial charge in [-0.2, -0.15) is 12.7 Å². The Morgan fingerprint density at radius 3 is 2.61 bits per heavy atom. The molecule has 0 radical (unpaired) electrons. The lowest BCUT2D eigenvalue weighted by Crippen LogP contribution is -2.55. The van der Waals surface area contributed by atoms with E-state index in [2.05, 4.69) is 4.72 Å². The second-order valence-electron chi connectivity index (χ2n) is 6.08. The SMILES string of the molecule is CC(N)CNS(=O)(=O)N1C[C@H](CCCB(O)O)[C@](N)(C(=O)O)C1. The molecule has 0 bridgehead atoms. The van der Waals surface area contributed by atoms with Crippen molar-refractivity contribution in [3.63, 3.8) is 0 Å². The summed E-state index contributed by atoms with van der Waals surface area (Å²) in [5.74, 6) is -1.90. The van der Waals surface area contributed by atoms with E-state index in [0.29, 0.717) is 6.42 Å². The maximum Gasteiger partial charge on any atom is 0.451 e. The van der Waals surface area contributed by atoms with Gasteiger partial charge in [-0.05, 0) is 19.7 Å². The number of aliphatic carboxylic acids is 1. The van der Waals surface area contributed by atoms with Crippen molar-refractivity contribution in [3.8, 4) is 0 Å². The molecule has 1 heterocycles. The first kappa shape index (κ1) is 20.3. The van der Waals surface area contributed by atoms with Crippen LogP contribution in [0.25, 0.3) is 0 Å². The highest BCUT2D eigenvalue weighted by Gasteiger charge is 2.52. The summed E-state index contributed by atoms with van der Waals surface area (Å²) in [6.07, 6.45) is 0.678. The lowest BCUT2D eigenvalue weighted by Gasteiger charge is -2.25. The van der Waals surface area contributed by atoms with Gasteiger partial charge in [0.25, 0.3) is 10.2 Å². The minimum Gasteiger partial charge on any atom is -0.480 e. The molecule has 0 aliphatic carbocycles. The number of nitrogens with one attached hydrogen (secondary N) is 1. The summed E-state index contributed by atoms with van der Waals surface area (Å²) in [7, 11) is -5.36. The topological polar surface area (TPSA) is 179 Å². The van der Waals surface area contributed by atoms with Crippen LogP contribution in [0.2, 0.25) is 6.32 Å². The lowest BCUT2D eigenvalue weighted by atomic mass is 9.78. The molecule has 0 amide bonds. The third kappa shape index (κ3) is 5.38. The number of carboxylic acids is 1. The molecule has 0 aromatic heterocycles. The second kappa shape index (κ2) is 7.88. The molecular formula is C11H25BN4O6S. The van der Waals surface area contributed by atoms with E-state index in [1.807, 2.05) is 0 Å². The van der Waals surface area contributed by atoms with Gasteiger partial charge in [-0.1, -0.05) is 6.42 Å². The highest BCUT2D eigenvalue weighted by atomic mass is 32.2. The molecule has 12 heteroatoms. The van der Waals surface area contributed by atoms with Gasteiger partial charge in [0.2, 0.25) is 0 Å².